The van der Waals surface area contributed by atoms with E-state index in [1.165, 1.54) is 5.56 Å². The molecule has 1 aliphatic rings. The molecule has 0 amide bonds. The van der Waals surface area contributed by atoms with Crippen molar-refractivity contribution in [3.63, 3.8) is 0 Å². The van der Waals surface area contributed by atoms with Crippen molar-refractivity contribution < 1.29 is 4.79 Å². The quantitative estimate of drug-likeness (QED) is 0.769. The van der Waals surface area contributed by atoms with Gasteiger partial charge in [-0.25, -0.2) is 0 Å². The highest BCUT2D eigenvalue weighted by molar-refractivity contribution is 5.98. The largest absolute Gasteiger partial charge is 0.294 e. The van der Waals surface area contributed by atoms with Crippen molar-refractivity contribution in [2.45, 2.75) is 39.2 Å². The summed E-state index contributed by atoms with van der Waals surface area (Å²) >= 11 is 0. The van der Waals surface area contributed by atoms with E-state index in [1.807, 2.05) is 29.1 Å². The Balaban J connectivity index is 2.06. The van der Waals surface area contributed by atoms with Crippen LogP contribution in [-0.4, -0.2) is 15.6 Å². The van der Waals surface area contributed by atoms with Crippen molar-refractivity contribution in [2.24, 2.45) is 0 Å². The van der Waals surface area contributed by atoms with E-state index < -0.39 is 0 Å². The smallest absolute Gasteiger partial charge is 0.163 e. The maximum Gasteiger partial charge on any atom is 0.163 e. The van der Waals surface area contributed by atoms with Crippen molar-refractivity contribution in [3.05, 3.63) is 41.6 Å². The number of Topliss-reactive ketones (excluding diaryl/α,β-unsaturated/α-hetero) is 1. The molecule has 1 aromatic carbocycles. The zero-order valence-corrected chi connectivity index (χ0v) is 11.2. The van der Waals surface area contributed by atoms with Crippen LogP contribution < -0.4 is 0 Å². The molecule has 3 nitrogen and oxygen atoms in total. The summed E-state index contributed by atoms with van der Waals surface area (Å²) in [5.74, 6) is 0.294. The molecular weight excluding hydrogens is 236 g/mol. The summed E-state index contributed by atoms with van der Waals surface area (Å²) in [5, 5.41) is 4.31. The number of benzene rings is 1. The van der Waals surface area contributed by atoms with Crippen molar-refractivity contribution in [1.82, 2.24) is 9.78 Å². The second-order valence-electron chi connectivity index (χ2n) is 5.03. The average molecular weight is 254 g/mol. The van der Waals surface area contributed by atoms with Crippen LogP contribution in [0.5, 0.6) is 0 Å². The van der Waals surface area contributed by atoms with E-state index in [9.17, 15) is 4.79 Å². The van der Waals surface area contributed by atoms with Crippen molar-refractivity contribution in [1.29, 1.82) is 0 Å². The van der Waals surface area contributed by atoms with Gasteiger partial charge < -0.3 is 0 Å². The van der Waals surface area contributed by atoms with E-state index in [4.69, 9.17) is 0 Å². The molecule has 1 aliphatic carbocycles. The summed E-state index contributed by atoms with van der Waals surface area (Å²) < 4.78 is 1.99. The van der Waals surface area contributed by atoms with Crippen LogP contribution in [0.15, 0.2) is 30.5 Å². The van der Waals surface area contributed by atoms with E-state index >= 15 is 0 Å². The third kappa shape index (κ3) is 2.21. The molecule has 98 valence electrons. The number of nitrogens with zero attached hydrogens (tertiary/aromatic N) is 2. The number of fused-ring (bicyclic) bond motifs is 1. The molecule has 0 aliphatic heterocycles. The molecule has 3 heteroatoms. The lowest BCUT2D eigenvalue weighted by molar-refractivity contribution is 0.0982. The highest BCUT2D eigenvalue weighted by Crippen LogP contribution is 2.26. The molecule has 0 spiro atoms. The number of hydrogen-bond donors (Lipinski definition) is 0. The topological polar surface area (TPSA) is 34.9 Å². The predicted octanol–water partition coefficient (Wildman–Crippen LogP) is 3.48. The molecule has 0 saturated carbocycles. The first-order valence-electron chi connectivity index (χ1n) is 6.98. The average Bonchev–Trinajstić information content (AvgIpc) is 2.84. The lowest BCUT2D eigenvalue weighted by Crippen LogP contribution is -2.02. The predicted molar refractivity (Wildman–Crippen MR) is 75.2 cm³/mol. The fourth-order valence-electron chi connectivity index (χ4n) is 2.80. The Hall–Kier alpha value is -1.90. The Morgan fingerprint density at radius 2 is 2.05 bits per heavy atom. The van der Waals surface area contributed by atoms with Crippen LogP contribution in [0.1, 0.15) is 42.1 Å². The molecule has 2 aromatic rings. The zero-order valence-electron chi connectivity index (χ0n) is 11.2. The van der Waals surface area contributed by atoms with Gasteiger partial charge in [0.05, 0.1) is 5.69 Å². The third-order valence-electron chi connectivity index (χ3n) is 3.82. The molecule has 0 fully saturated rings. The van der Waals surface area contributed by atoms with E-state index in [0.29, 0.717) is 12.2 Å². The molecule has 0 N–H and O–H groups in total. The number of aromatic nitrogens is 2. The van der Waals surface area contributed by atoms with Crippen molar-refractivity contribution >= 4 is 5.78 Å². The number of ketones is 1. The van der Waals surface area contributed by atoms with Crippen LogP contribution >= 0.6 is 0 Å². The summed E-state index contributed by atoms with van der Waals surface area (Å²) in [7, 11) is 0. The summed E-state index contributed by atoms with van der Waals surface area (Å²) in [6.45, 7) is 2.95. The monoisotopic (exact) mass is 254 g/mol. The van der Waals surface area contributed by atoms with Gasteiger partial charge in [-0.1, -0.05) is 12.1 Å². The minimum absolute atomic E-state index is 0.294. The molecule has 3 rings (SSSR count). The normalized spacial score (nSPS) is 15.1. The fourth-order valence-corrected chi connectivity index (χ4v) is 2.80. The molecule has 19 heavy (non-hydrogen) atoms. The van der Waals surface area contributed by atoms with Crippen LogP contribution in [0.4, 0.5) is 0 Å². The Labute approximate surface area is 113 Å². The molecule has 0 atom stereocenters. The van der Waals surface area contributed by atoms with Crippen LogP contribution in [-0.2, 0) is 13.0 Å². The number of aryl methyl sites for hydroxylation is 2. The first-order chi connectivity index (χ1) is 9.29. The first-order valence-corrected chi connectivity index (χ1v) is 6.98. The Morgan fingerprint density at radius 3 is 2.89 bits per heavy atom. The SMILES string of the molecule is CCn1nccc1-c1ccc2c(c1)CCCCC2=O. The highest BCUT2D eigenvalue weighted by Gasteiger charge is 2.16. The molecule has 1 aromatic heterocycles. The minimum atomic E-state index is 0.294. The van der Waals surface area contributed by atoms with Gasteiger partial charge in [-0.3, -0.25) is 9.48 Å². The number of carbonyl (C=O) groups is 1. The van der Waals surface area contributed by atoms with Crippen LogP contribution in [0.2, 0.25) is 0 Å². The van der Waals surface area contributed by atoms with Crippen molar-refractivity contribution in [2.75, 3.05) is 0 Å². The number of carbonyl (C=O) groups excluding carboxylic acids is 1. The number of hydrogen-bond acceptors (Lipinski definition) is 2. The van der Waals surface area contributed by atoms with Gasteiger partial charge in [-0.15, -0.1) is 0 Å². The minimum Gasteiger partial charge on any atom is -0.294 e. The maximum absolute atomic E-state index is 12.0. The fraction of sp³-hybridized carbons (Fsp3) is 0.375. The molecule has 0 unspecified atom stereocenters. The molecule has 0 radical (unpaired) electrons. The van der Waals surface area contributed by atoms with Crippen LogP contribution in [0, 0.1) is 0 Å². The van der Waals surface area contributed by atoms with Gasteiger partial charge in [0, 0.05) is 30.3 Å². The Bertz CT molecular complexity index is 613. The second kappa shape index (κ2) is 5.00. The lowest BCUT2D eigenvalue weighted by Gasteiger charge is -2.09. The second-order valence-corrected chi connectivity index (χ2v) is 5.03. The van der Waals surface area contributed by atoms with E-state index in [2.05, 4.69) is 18.1 Å². The summed E-state index contributed by atoms with van der Waals surface area (Å²) in [6.07, 6.45) is 5.65. The molecule has 1 heterocycles. The van der Waals surface area contributed by atoms with Gasteiger partial charge in [0.15, 0.2) is 5.78 Å². The zero-order chi connectivity index (χ0) is 13.2. The standard InChI is InChI=1S/C16H18N2O/c1-2-18-15(9-10-17-18)13-7-8-14-12(11-13)5-3-4-6-16(14)19/h7-11H,2-6H2,1H3. The summed E-state index contributed by atoms with van der Waals surface area (Å²) in [4.78, 5) is 12.0. The number of rotatable bonds is 2. The van der Waals surface area contributed by atoms with Gasteiger partial charge in [0.2, 0.25) is 0 Å². The van der Waals surface area contributed by atoms with Gasteiger partial charge in [0.1, 0.15) is 0 Å². The van der Waals surface area contributed by atoms with Crippen LogP contribution in [0.3, 0.4) is 0 Å². The van der Waals surface area contributed by atoms with E-state index in [1.54, 1.807) is 0 Å². The molecule has 0 bridgehead atoms. The lowest BCUT2D eigenvalue weighted by atomic mass is 9.98. The van der Waals surface area contributed by atoms with Crippen molar-refractivity contribution in [3.8, 4) is 11.3 Å². The highest BCUT2D eigenvalue weighted by atomic mass is 16.1. The molecular formula is C16H18N2O. The van der Waals surface area contributed by atoms with Gasteiger partial charge in [0.25, 0.3) is 0 Å². The maximum atomic E-state index is 12.0. The summed E-state index contributed by atoms with van der Waals surface area (Å²) in [5.41, 5.74) is 4.41. The van der Waals surface area contributed by atoms with Crippen LogP contribution in [0.25, 0.3) is 11.3 Å². The molecule has 0 saturated heterocycles. The van der Waals surface area contributed by atoms with Gasteiger partial charge in [-0.05, 0) is 43.9 Å². The van der Waals surface area contributed by atoms with E-state index in [-0.39, 0.29) is 0 Å². The third-order valence-corrected chi connectivity index (χ3v) is 3.82. The first kappa shape index (κ1) is 12.2. The van der Waals surface area contributed by atoms with Gasteiger partial charge >= 0.3 is 0 Å². The Morgan fingerprint density at radius 1 is 1.21 bits per heavy atom. The Kier molecular flexibility index (Phi) is 3.20. The van der Waals surface area contributed by atoms with Gasteiger partial charge in [-0.2, -0.15) is 5.10 Å². The summed E-state index contributed by atoms with van der Waals surface area (Å²) in [6, 6.07) is 8.24. The van der Waals surface area contributed by atoms with E-state index in [0.717, 1.165) is 42.6 Å².